The van der Waals surface area contributed by atoms with Crippen molar-refractivity contribution in [1.29, 1.82) is 0 Å². The lowest BCUT2D eigenvalue weighted by atomic mass is 10.1. The lowest BCUT2D eigenvalue weighted by Gasteiger charge is -2.16. The van der Waals surface area contributed by atoms with Crippen LogP contribution in [0.15, 0.2) is 18.2 Å². The van der Waals surface area contributed by atoms with Gasteiger partial charge in [0.1, 0.15) is 0 Å². The first kappa shape index (κ1) is 13.3. The fourth-order valence-electron chi connectivity index (χ4n) is 1.38. The Hall–Kier alpha value is -0.720. The average Bonchev–Trinajstić information content (AvgIpc) is 2.23. The molecule has 0 saturated carbocycles. The molecule has 0 aliphatic carbocycles. The zero-order chi connectivity index (χ0) is 12.0. The van der Waals surface area contributed by atoms with Gasteiger partial charge < -0.3 is 5.73 Å². The summed E-state index contributed by atoms with van der Waals surface area (Å²) in [5.41, 5.74) is 6.67. The van der Waals surface area contributed by atoms with Crippen LogP contribution in [-0.4, -0.2) is 13.1 Å². The van der Waals surface area contributed by atoms with Gasteiger partial charge in [0.25, 0.3) is 0 Å². The van der Waals surface area contributed by atoms with E-state index in [9.17, 15) is 0 Å². The number of benzene rings is 1. The molecule has 86 valence electrons. The molecular weight excluding hydrogens is 243 g/mol. The Bertz CT molecular complexity index is 387. The summed E-state index contributed by atoms with van der Waals surface area (Å²) in [6, 6.07) is 5.44. The Morgan fingerprint density at radius 1 is 1.31 bits per heavy atom. The van der Waals surface area contributed by atoms with Crippen molar-refractivity contribution in [3.05, 3.63) is 33.8 Å². The molecule has 0 spiro atoms. The number of rotatable bonds is 4. The monoisotopic (exact) mass is 256 g/mol. The van der Waals surface area contributed by atoms with Gasteiger partial charge in [-0.3, -0.25) is 5.32 Å². The summed E-state index contributed by atoms with van der Waals surface area (Å²) in [4.78, 5) is 0. The second-order valence-electron chi connectivity index (χ2n) is 3.30. The van der Waals surface area contributed by atoms with Crippen LogP contribution >= 0.6 is 23.2 Å². The Labute approximate surface area is 106 Å². The normalized spacial score (nSPS) is 11.8. The van der Waals surface area contributed by atoms with E-state index >= 15 is 0 Å². The Morgan fingerprint density at radius 3 is 2.44 bits per heavy atom. The second kappa shape index (κ2) is 6.78. The van der Waals surface area contributed by atoms with Crippen LogP contribution in [0.1, 0.15) is 18.5 Å². The van der Waals surface area contributed by atoms with Crippen LogP contribution in [0.2, 0.25) is 10.0 Å². The first-order chi connectivity index (χ1) is 7.67. The molecule has 3 N–H and O–H groups in total. The summed E-state index contributed by atoms with van der Waals surface area (Å²) in [5, 5.41) is 4.46. The van der Waals surface area contributed by atoms with Crippen LogP contribution < -0.4 is 11.1 Å². The summed E-state index contributed by atoms with van der Waals surface area (Å²) in [6.07, 6.45) is 0. The number of hydrogen-bond donors (Lipinski definition) is 2. The molecule has 0 aromatic heterocycles. The van der Waals surface area contributed by atoms with Gasteiger partial charge in [-0.25, -0.2) is 0 Å². The van der Waals surface area contributed by atoms with Crippen LogP contribution in [0.25, 0.3) is 0 Å². The van der Waals surface area contributed by atoms with Crippen molar-refractivity contribution < 1.29 is 0 Å². The highest BCUT2D eigenvalue weighted by molar-refractivity contribution is 6.34. The predicted molar refractivity (Wildman–Crippen MR) is 69.7 cm³/mol. The molecule has 2 nitrogen and oxygen atoms in total. The van der Waals surface area contributed by atoms with E-state index in [1.54, 1.807) is 13.0 Å². The van der Waals surface area contributed by atoms with Crippen LogP contribution in [0, 0.1) is 11.8 Å². The zero-order valence-corrected chi connectivity index (χ0v) is 10.6. The standard InChI is InChI=1S/C12H14Cl2N2/c1-2-3-4-16-12(8-15)9-5-10(13)7-11(14)6-9/h5-7,12,16H,4,8,15H2,1H3. The van der Waals surface area contributed by atoms with E-state index in [0.717, 1.165) is 5.56 Å². The predicted octanol–water partition coefficient (Wildman–Crippen LogP) is 2.61. The number of nitrogens with two attached hydrogens (primary N) is 1. The molecule has 0 saturated heterocycles. The van der Waals surface area contributed by atoms with Gasteiger partial charge in [-0.1, -0.05) is 29.1 Å². The molecule has 1 atom stereocenters. The maximum absolute atomic E-state index is 5.93. The highest BCUT2D eigenvalue weighted by Crippen LogP contribution is 2.23. The van der Waals surface area contributed by atoms with Crippen LogP contribution in [0.3, 0.4) is 0 Å². The second-order valence-corrected chi connectivity index (χ2v) is 4.17. The van der Waals surface area contributed by atoms with Gasteiger partial charge in [0.05, 0.1) is 6.54 Å². The lowest BCUT2D eigenvalue weighted by Crippen LogP contribution is -2.28. The third-order valence-corrected chi connectivity index (χ3v) is 2.57. The van der Waals surface area contributed by atoms with E-state index in [2.05, 4.69) is 17.2 Å². The van der Waals surface area contributed by atoms with Gasteiger partial charge in [-0.05, 0) is 30.7 Å². The van der Waals surface area contributed by atoms with Crippen molar-refractivity contribution in [3.63, 3.8) is 0 Å². The third-order valence-electron chi connectivity index (χ3n) is 2.14. The van der Waals surface area contributed by atoms with Crippen molar-refractivity contribution in [2.75, 3.05) is 13.1 Å². The number of halogens is 2. The first-order valence-electron chi connectivity index (χ1n) is 4.96. The average molecular weight is 257 g/mol. The minimum atomic E-state index is 0.0250. The quantitative estimate of drug-likeness (QED) is 0.814. The first-order valence-corrected chi connectivity index (χ1v) is 5.72. The number of nitrogens with one attached hydrogen (secondary N) is 1. The SMILES string of the molecule is CC#CCNC(CN)c1cc(Cl)cc(Cl)c1. The minimum absolute atomic E-state index is 0.0250. The largest absolute Gasteiger partial charge is 0.329 e. The van der Waals surface area contributed by atoms with Gasteiger partial charge in [0.15, 0.2) is 0 Å². The maximum Gasteiger partial charge on any atom is 0.0581 e. The van der Waals surface area contributed by atoms with E-state index in [1.165, 1.54) is 0 Å². The lowest BCUT2D eigenvalue weighted by molar-refractivity contribution is 0.582. The van der Waals surface area contributed by atoms with Gasteiger partial charge in [0, 0.05) is 22.6 Å². The Morgan fingerprint density at radius 2 is 1.94 bits per heavy atom. The van der Waals surface area contributed by atoms with Gasteiger partial charge in [-0.15, -0.1) is 5.92 Å². The topological polar surface area (TPSA) is 38.0 Å². The van der Waals surface area contributed by atoms with E-state index < -0.39 is 0 Å². The molecule has 0 bridgehead atoms. The molecule has 4 heteroatoms. The van der Waals surface area contributed by atoms with Gasteiger partial charge in [-0.2, -0.15) is 0 Å². The molecule has 0 aliphatic rings. The molecule has 1 aromatic carbocycles. The summed E-state index contributed by atoms with van der Waals surface area (Å²) in [6.45, 7) is 2.87. The van der Waals surface area contributed by atoms with Crippen LogP contribution in [0.4, 0.5) is 0 Å². The van der Waals surface area contributed by atoms with Crippen LogP contribution in [0.5, 0.6) is 0 Å². The van der Waals surface area contributed by atoms with Crippen LogP contribution in [-0.2, 0) is 0 Å². The van der Waals surface area contributed by atoms with E-state index in [4.69, 9.17) is 28.9 Å². The van der Waals surface area contributed by atoms with Gasteiger partial charge in [0.2, 0.25) is 0 Å². The smallest absolute Gasteiger partial charge is 0.0581 e. The van der Waals surface area contributed by atoms with Gasteiger partial charge >= 0.3 is 0 Å². The fraction of sp³-hybridized carbons (Fsp3) is 0.333. The Kier molecular flexibility index (Phi) is 5.65. The molecule has 1 rings (SSSR count). The summed E-state index contributed by atoms with van der Waals surface area (Å²) in [5.74, 6) is 5.75. The minimum Gasteiger partial charge on any atom is -0.329 e. The van der Waals surface area contributed by atoms with E-state index in [1.807, 2.05) is 12.1 Å². The molecule has 0 amide bonds. The maximum atomic E-state index is 5.93. The van der Waals surface area contributed by atoms with Crippen molar-refractivity contribution in [1.82, 2.24) is 5.32 Å². The molecular formula is C12H14Cl2N2. The summed E-state index contributed by atoms with van der Waals surface area (Å²) < 4.78 is 0. The highest BCUT2D eigenvalue weighted by atomic mass is 35.5. The summed E-state index contributed by atoms with van der Waals surface area (Å²) >= 11 is 11.9. The van der Waals surface area contributed by atoms with Crippen molar-refractivity contribution in [3.8, 4) is 11.8 Å². The highest BCUT2D eigenvalue weighted by Gasteiger charge is 2.09. The number of hydrogen-bond acceptors (Lipinski definition) is 2. The van der Waals surface area contributed by atoms with Crippen molar-refractivity contribution in [2.24, 2.45) is 5.73 Å². The summed E-state index contributed by atoms with van der Waals surface area (Å²) in [7, 11) is 0. The van der Waals surface area contributed by atoms with Crippen molar-refractivity contribution >= 4 is 23.2 Å². The molecule has 0 fully saturated rings. The molecule has 16 heavy (non-hydrogen) atoms. The third kappa shape index (κ3) is 4.03. The van der Waals surface area contributed by atoms with E-state index in [-0.39, 0.29) is 6.04 Å². The molecule has 0 aliphatic heterocycles. The van der Waals surface area contributed by atoms with E-state index in [0.29, 0.717) is 23.1 Å². The zero-order valence-electron chi connectivity index (χ0n) is 9.06. The molecule has 1 unspecified atom stereocenters. The Balaban J connectivity index is 2.80. The molecule has 0 heterocycles. The molecule has 1 aromatic rings. The fourth-order valence-corrected chi connectivity index (χ4v) is 1.92. The molecule has 0 radical (unpaired) electrons. The van der Waals surface area contributed by atoms with Crippen molar-refractivity contribution in [2.45, 2.75) is 13.0 Å².